The second-order valence-electron chi connectivity index (χ2n) is 7.92. The highest BCUT2D eigenvalue weighted by molar-refractivity contribution is 6.32. The molecule has 0 aromatic heterocycles. The fraction of sp³-hybridized carbons (Fsp3) is 0.318. The molecule has 4 nitrogen and oxygen atoms in total. The van der Waals surface area contributed by atoms with Crippen LogP contribution >= 0.6 is 11.6 Å². The number of likely N-dealkylation sites (tertiary alicyclic amines) is 1. The molecule has 1 saturated heterocycles. The predicted octanol–water partition coefficient (Wildman–Crippen LogP) is 4.39. The van der Waals surface area contributed by atoms with Crippen LogP contribution in [0.25, 0.3) is 5.70 Å². The third-order valence-corrected chi connectivity index (χ3v) is 6.35. The van der Waals surface area contributed by atoms with Crippen LogP contribution in [-0.2, 0) is 0 Å². The number of nitrogens with zero attached hydrogens (tertiary/aromatic N) is 2. The number of hydrogen-bond donors (Lipinski definition) is 1. The summed E-state index contributed by atoms with van der Waals surface area (Å²) in [4.78, 5) is 16.3. The first-order chi connectivity index (χ1) is 13.3. The average Bonchev–Trinajstić information content (AvgIpc) is 2.60. The molecule has 1 spiro atoms. The van der Waals surface area contributed by atoms with Crippen LogP contribution in [0.3, 0.4) is 0 Å². The van der Waals surface area contributed by atoms with Gasteiger partial charge in [0.05, 0.1) is 5.56 Å². The Bertz CT molecular complexity index is 947. The van der Waals surface area contributed by atoms with Crippen molar-refractivity contribution >= 4 is 23.2 Å². The Balaban J connectivity index is 1.35. The Kier molecular flexibility index (Phi) is 4.58. The second-order valence-corrected chi connectivity index (χ2v) is 8.33. The average molecular weight is 401 g/mol. The summed E-state index contributed by atoms with van der Waals surface area (Å²) in [5.41, 5.74) is 1.84. The Morgan fingerprint density at radius 2 is 1.93 bits per heavy atom. The predicted molar refractivity (Wildman–Crippen MR) is 108 cm³/mol. The molecule has 2 aromatic carbocycles. The number of carbonyl (C=O) groups excluding carboxylic acids is 1. The van der Waals surface area contributed by atoms with E-state index < -0.39 is 5.82 Å². The van der Waals surface area contributed by atoms with Crippen molar-refractivity contribution in [2.75, 3.05) is 20.1 Å². The first kappa shape index (κ1) is 18.8. The summed E-state index contributed by atoms with van der Waals surface area (Å²) in [6.07, 6.45) is 1.92. The summed E-state index contributed by atoms with van der Waals surface area (Å²) in [5, 5.41) is 10.2. The molecule has 1 aliphatic carbocycles. The standard InChI is InChI=1S/C22H22ClFN2O2/c1-14(17-5-3-4-6-19(17)23)25(2)15-10-22(11-15)12-26(13-22)21(28)18-9-16(27)7-8-20(18)24/h3-9,15,27H,1,10-13H2,2H3. The quantitative estimate of drug-likeness (QED) is 0.827. The van der Waals surface area contributed by atoms with Gasteiger partial charge in [0.1, 0.15) is 11.6 Å². The van der Waals surface area contributed by atoms with Gasteiger partial charge in [0.15, 0.2) is 0 Å². The zero-order valence-electron chi connectivity index (χ0n) is 15.7. The zero-order valence-corrected chi connectivity index (χ0v) is 16.4. The Labute approximate surface area is 168 Å². The lowest BCUT2D eigenvalue weighted by atomic mass is 9.60. The van der Waals surface area contributed by atoms with Gasteiger partial charge < -0.3 is 14.9 Å². The van der Waals surface area contributed by atoms with Crippen LogP contribution in [0.15, 0.2) is 49.0 Å². The highest BCUT2D eigenvalue weighted by atomic mass is 35.5. The maximum atomic E-state index is 13.9. The van der Waals surface area contributed by atoms with Gasteiger partial charge in [-0.2, -0.15) is 0 Å². The summed E-state index contributed by atoms with van der Waals surface area (Å²) in [5.74, 6) is -1.08. The number of benzene rings is 2. The van der Waals surface area contributed by atoms with Crippen LogP contribution in [0.5, 0.6) is 5.75 Å². The molecule has 146 valence electrons. The highest BCUT2D eigenvalue weighted by Crippen LogP contribution is 2.51. The smallest absolute Gasteiger partial charge is 0.257 e. The topological polar surface area (TPSA) is 43.8 Å². The highest BCUT2D eigenvalue weighted by Gasteiger charge is 2.55. The molecule has 1 saturated carbocycles. The lowest BCUT2D eigenvalue weighted by Gasteiger charge is -2.61. The van der Waals surface area contributed by atoms with E-state index in [1.54, 1.807) is 4.90 Å². The zero-order chi connectivity index (χ0) is 20.1. The fourth-order valence-corrected chi connectivity index (χ4v) is 4.58. The van der Waals surface area contributed by atoms with Gasteiger partial charge in [-0.05, 0) is 37.1 Å². The molecular weight excluding hydrogens is 379 g/mol. The van der Waals surface area contributed by atoms with Crippen molar-refractivity contribution in [3.05, 3.63) is 71.0 Å². The Hall–Kier alpha value is -2.53. The number of rotatable bonds is 4. The molecule has 1 amide bonds. The van der Waals surface area contributed by atoms with Gasteiger partial charge in [-0.3, -0.25) is 4.79 Å². The molecule has 0 radical (unpaired) electrons. The Morgan fingerprint density at radius 3 is 2.61 bits per heavy atom. The largest absolute Gasteiger partial charge is 0.508 e. The molecule has 2 aliphatic rings. The fourth-order valence-electron chi connectivity index (χ4n) is 4.33. The van der Waals surface area contributed by atoms with Crippen LogP contribution in [0.1, 0.15) is 28.8 Å². The number of aromatic hydroxyl groups is 1. The molecule has 0 atom stereocenters. The Morgan fingerprint density at radius 1 is 1.25 bits per heavy atom. The van der Waals surface area contributed by atoms with Gasteiger partial charge in [0.2, 0.25) is 0 Å². The number of phenolic OH excluding ortho intramolecular Hbond substituents is 1. The molecule has 1 N–H and O–H groups in total. The van der Waals surface area contributed by atoms with E-state index in [9.17, 15) is 14.3 Å². The van der Waals surface area contributed by atoms with E-state index >= 15 is 0 Å². The van der Waals surface area contributed by atoms with Crippen molar-refractivity contribution in [1.29, 1.82) is 0 Å². The van der Waals surface area contributed by atoms with Crippen molar-refractivity contribution in [3.8, 4) is 5.75 Å². The van der Waals surface area contributed by atoms with Crippen LogP contribution < -0.4 is 0 Å². The molecular formula is C22H22ClFN2O2. The van der Waals surface area contributed by atoms with Gasteiger partial charge in [-0.1, -0.05) is 36.4 Å². The third-order valence-electron chi connectivity index (χ3n) is 6.02. The second kappa shape index (κ2) is 6.82. The van der Waals surface area contributed by atoms with E-state index in [0.29, 0.717) is 24.2 Å². The first-order valence-corrected chi connectivity index (χ1v) is 9.62. The molecule has 0 unspecified atom stereocenters. The van der Waals surface area contributed by atoms with Gasteiger partial charge in [0.25, 0.3) is 5.91 Å². The number of halogens is 2. The SMILES string of the molecule is C=C(c1ccccc1Cl)N(C)C1CC2(C1)CN(C(=O)c1cc(O)ccc1F)C2. The summed E-state index contributed by atoms with van der Waals surface area (Å²) >= 11 is 6.28. The maximum Gasteiger partial charge on any atom is 0.257 e. The monoisotopic (exact) mass is 400 g/mol. The van der Waals surface area contributed by atoms with Gasteiger partial charge in [0, 0.05) is 47.9 Å². The van der Waals surface area contributed by atoms with Gasteiger partial charge in [-0.25, -0.2) is 4.39 Å². The minimum absolute atomic E-state index is 0.0741. The minimum atomic E-state index is -0.606. The summed E-state index contributed by atoms with van der Waals surface area (Å²) in [6.45, 7) is 5.42. The molecule has 1 aliphatic heterocycles. The summed E-state index contributed by atoms with van der Waals surface area (Å²) in [7, 11) is 2.02. The first-order valence-electron chi connectivity index (χ1n) is 9.24. The lowest BCUT2D eigenvalue weighted by molar-refractivity contribution is -0.0780. The number of hydrogen-bond acceptors (Lipinski definition) is 3. The summed E-state index contributed by atoms with van der Waals surface area (Å²) < 4.78 is 13.9. The van der Waals surface area contributed by atoms with Crippen LogP contribution in [-0.4, -0.2) is 47.0 Å². The molecule has 28 heavy (non-hydrogen) atoms. The van der Waals surface area contributed by atoms with Crippen LogP contribution in [0.2, 0.25) is 5.02 Å². The number of amides is 1. The van der Waals surface area contributed by atoms with Crippen LogP contribution in [0, 0.1) is 11.2 Å². The van der Waals surface area contributed by atoms with E-state index in [0.717, 1.165) is 30.2 Å². The van der Waals surface area contributed by atoms with Gasteiger partial charge >= 0.3 is 0 Å². The molecule has 4 rings (SSSR count). The molecule has 6 heteroatoms. The van der Waals surface area contributed by atoms with E-state index in [-0.39, 0.29) is 22.6 Å². The normalized spacial score (nSPS) is 17.8. The van der Waals surface area contributed by atoms with Crippen molar-refractivity contribution in [2.45, 2.75) is 18.9 Å². The molecule has 1 heterocycles. The number of carbonyl (C=O) groups is 1. The van der Waals surface area contributed by atoms with E-state index in [4.69, 9.17) is 11.6 Å². The van der Waals surface area contributed by atoms with Crippen molar-refractivity contribution in [3.63, 3.8) is 0 Å². The van der Waals surface area contributed by atoms with Crippen LogP contribution in [0.4, 0.5) is 4.39 Å². The lowest BCUT2D eigenvalue weighted by Crippen LogP contribution is -2.67. The maximum absolute atomic E-state index is 13.9. The van der Waals surface area contributed by atoms with E-state index in [1.165, 1.54) is 12.1 Å². The van der Waals surface area contributed by atoms with Crippen molar-refractivity contribution in [2.24, 2.45) is 5.41 Å². The molecule has 2 aromatic rings. The van der Waals surface area contributed by atoms with Gasteiger partial charge in [-0.15, -0.1) is 0 Å². The van der Waals surface area contributed by atoms with E-state index in [2.05, 4.69) is 11.5 Å². The number of phenols is 1. The molecule has 2 fully saturated rings. The minimum Gasteiger partial charge on any atom is -0.508 e. The van der Waals surface area contributed by atoms with Crippen molar-refractivity contribution < 1.29 is 14.3 Å². The third kappa shape index (κ3) is 3.14. The summed E-state index contributed by atoms with van der Waals surface area (Å²) in [6, 6.07) is 11.5. The molecule has 0 bridgehead atoms. The van der Waals surface area contributed by atoms with Crippen molar-refractivity contribution in [1.82, 2.24) is 9.80 Å². The van der Waals surface area contributed by atoms with E-state index in [1.807, 2.05) is 31.3 Å².